The highest BCUT2D eigenvalue weighted by Gasteiger charge is 2.11. The number of benzene rings is 1. The van der Waals surface area contributed by atoms with Gasteiger partial charge in [0.15, 0.2) is 0 Å². The first-order valence-corrected chi connectivity index (χ1v) is 5.87. The summed E-state index contributed by atoms with van der Waals surface area (Å²) in [4.78, 5) is 4.33. The molecule has 0 radical (unpaired) electrons. The van der Waals surface area contributed by atoms with E-state index in [1.165, 1.54) is 6.07 Å². The molecule has 0 amide bonds. The number of aromatic nitrogens is 1. The van der Waals surface area contributed by atoms with Crippen molar-refractivity contribution in [1.82, 2.24) is 4.98 Å². The quantitative estimate of drug-likeness (QED) is 0.868. The van der Waals surface area contributed by atoms with Crippen molar-refractivity contribution in [2.24, 2.45) is 0 Å². The number of anilines is 1. The van der Waals surface area contributed by atoms with E-state index in [9.17, 15) is 4.39 Å². The summed E-state index contributed by atoms with van der Waals surface area (Å²) >= 11 is 3.25. The van der Waals surface area contributed by atoms with Gasteiger partial charge in [0.25, 0.3) is 0 Å². The summed E-state index contributed by atoms with van der Waals surface area (Å²) in [6.07, 6.45) is 0.788. The van der Waals surface area contributed by atoms with Crippen LogP contribution in [0, 0.1) is 12.7 Å². The molecule has 0 aliphatic heterocycles. The molecule has 0 aliphatic rings. The average molecular weight is 283 g/mol. The molecule has 0 spiro atoms. The number of hydrogen-bond acceptors (Lipinski definition) is 2. The van der Waals surface area contributed by atoms with Gasteiger partial charge in [0.05, 0.1) is 9.99 Å². The van der Waals surface area contributed by atoms with E-state index < -0.39 is 0 Å². The second kappa shape index (κ2) is 4.01. The Kier molecular flexibility index (Phi) is 2.84. The van der Waals surface area contributed by atoms with E-state index in [1.54, 1.807) is 0 Å². The third kappa shape index (κ3) is 1.67. The summed E-state index contributed by atoms with van der Waals surface area (Å²) < 4.78 is 14.0. The molecule has 0 saturated carbocycles. The first kappa shape index (κ1) is 11.3. The van der Waals surface area contributed by atoms with Crippen LogP contribution in [0.25, 0.3) is 10.9 Å². The Labute approximate surface area is 102 Å². The maximum absolute atomic E-state index is 13.5. The molecule has 1 aromatic heterocycles. The molecular weight excluding hydrogens is 271 g/mol. The summed E-state index contributed by atoms with van der Waals surface area (Å²) in [6.45, 7) is 3.83. The Hall–Kier alpha value is -1.16. The Morgan fingerprint density at radius 3 is 2.75 bits per heavy atom. The summed E-state index contributed by atoms with van der Waals surface area (Å²) in [5.74, 6) is 0.259. The normalized spacial score (nSPS) is 11.0. The third-order valence-electron chi connectivity index (χ3n) is 2.68. The van der Waals surface area contributed by atoms with Crippen LogP contribution in [-0.4, -0.2) is 4.98 Å². The highest BCUT2D eigenvalue weighted by atomic mass is 79.9. The topological polar surface area (TPSA) is 38.9 Å². The number of rotatable bonds is 1. The molecule has 0 bridgehead atoms. The van der Waals surface area contributed by atoms with Crippen LogP contribution in [0.1, 0.15) is 18.1 Å². The molecule has 0 saturated heterocycles. The lowest BCUT2D eigenvalue weighted by Gasteiger charge is -2.09. The van der Waals surface area contributed by atoms with Gasteiger partial charge in [0, 0.05) is 5.39 Å². The molecule has 2 nitrogen and oxygen atoms in total. The van der Waals surface area contributed by atoms with Crippen molar-refractivity contribution in [3.05, 3.63) is 33.5 Å². The highest BCUT2D eigenvalue weighted by Crippen LogP contribution is 2.30. The Balaban J connectivity index is 2.90. The lowest BCUT2D eigenvalue weighted by atomic mass is 10.1. The van der Waals surface area contributed by atoms with Gasteiger partial charge in [-0.25, -0.2) is 9.37 Å². The number of nitrogens with zero attached hydrogens (tertiary/aromatic N) is 1. The van der Waals surface area contributed by atoms with Crippen LogP contribution in [0.3, 0.4) is 0 Å². The first-order chi connectivity index (χ1) is 7.54. The minimum atomic E-state index is -0.265. The number of fused-ring (bicyclic) bond motifs is 1. The molecule has 84 valence electrons. The standard InChI is InChI=1S/C12H12BrFN2/c1-3-7-5-8-10(13)9(14)4-6(2)11(8)16-12(7)15/h4-5H,3H2,1-2H3,(H2,15,16). The number of nitrogens with two attached hydrogens (primary N) is 1. The summed E-state index contributed by atoms with van der Waals surface area (Å²) in [5, 5.41) is 0.781. The second-order valence-electron chi connectivity index (χ2n) is 3.77. The maximum atomic E-state index is 13.5. The molecule has 0 fully saturated rings. The zero-order chi connectivity index (χ0) is 11.9. The average Bonchev–Trinajstić information content (AvgIpc) is 2.25. The molecule has 4 heteroatoms. The molecule has 2 rings (SSSR count). The van der Waals surface area contributed by atoms with Crippen molar-refractivity contribution < 1.29 is 4.39 Å². The number of halogens is 2. The van der Waals surface area contributed by atoms with Crippen molar-refractivity contribution in [2.45, 2.75) is 20.3 Å². The van der Waals surface area contributed by atoms with Gasteiger partial charge >= 0.3 is 0 Å². The van der Waals surface area contributed by atoms with Crippen molar-refractivity contribution in [2.75, 3.05) is 5.73 Å². The lowest BCUT2D eigenvalue weighted by Crippen LogP contribution is -1.99. The molecule has 0 atom stereocenters. The van der Waals surface area contributed by atoms with E-state index in [1.807, 2.05) is 19.9 Å². The Morgan fingerprint density at radius 2 is 2.12 bits per heavy atom. The van der Waals surface area contributed by atoms with E-state index in [2.05, 4.69) is 20.9 Å². The zero-order valence-electron chi connectivity index (χ0n) is 9.14. The van der Waals surface area contributed by atoms with Crippen LogP contribution in [0.2, 0.25) is 0 Å². The van der Waals surface area contributed by atoms with Crippen molar-refractivity contribution in [3.8, 4) is 0 Å². The van der Waals surface area contributed by atoms with Crippen LogP contribution in [0.4, 0.5) is 10.2 Å². The molecule has 1 aromatic carbocycles. The number of pyridine rings is 1. The maximum Gasteiger partial charge on any atom is 0.138 e. The summed E-state index contributed by atoms with van der Waals surface area (Å²) in [5.41, 5.74) is 8.33. The molecule has 2 aromatic rings. The smallest absolute Gasteiger partial charge is 0.138 e. The van der Waals surface area contributed by atoms with E-state index in [0.29, 0.717) is 10.3 Å². The highest BCUT2D eigenvalue weighted by molar-refractivity contribution is 9.10. The molecule has 1 heterocycles. The van der Waals surface area contributed by atoms with E-state index >= 15 is 0 Å². The lowest BCUT2D eigenvalue weighted by molar-refractivity contribution is 0.622. The van der Waals surface area contributed by atoms with Gasteiger partial charge in [-0.15, -0.1) is 0 Å². The van der Waals surface area contributed by atoms with E-state index in [-0.39, 0.29) is 5.82 Å². The fraction of sp³-hybridized carbons (Fsp3) is 0.250. The van der Waals surface area contributed by atoms with Crippen LogP contribution < -0.4 is 5.73 Å². The van der Waals surface area contributed by atoms with E-state index in [4.69, 9.17) is 5.73 Å². The van der Waals surface area contributed by atoms with Crippen molar-refractivity contribution in [3.63, 3.8) is 0 Å². The largest absolute Gasteiger partial charge is 0.383 e. The fourth-order valence-electron chi connectivity index (χ4n) is 1.77. The predicted molar refractivity (Wildman–Crippen MR) is 67.9 cm³/mol. The molecule has 2 N–H and O–H groups in total. The van der Waals surface area contributed by atoms with Gasteiger partial charge in [0.2, 0.25) is 0 Å². The monoisotopic (exact) mass is 282 g/mol. The van der Waals surface area contributed by atoms with Gasteiger partial charge < -0.3 is 5.73 Å². The first-order valence-electron chi connectivity index (χ1n) is 5.08. The Bertz CT molecular complexity index is 567. The van der Waals surface area contributed by atoms with Gasteiger partial charge in [-0.2, -0.15) is 0 Å². The summed E-state index contributed by atoms with van der Waals surface area (Å²) in [6, 6.07) is 3.36. The van der Waals surface area contributed by atoms with Gasteiger partial charge in [-0.05, 0) is 52.5 Å². The molecule has 16 heavy (non-hydrogen) atoms. The zero-order valence-corrected chi connectivity index (χ0v) is 10.7. The number of hydrogen-bond donors (Lipinski definition) is 1. The van der Waals surface area contributed by atoms with E-state index in [0.717, 1.165) is 28.5 Å². The second-order valence-corrected chi connectivity index (χ2v) is 4.56. The minimum Gasteiger partial charge on any atom is -0.383 e. The SMILES string of the molecule is CCc1cc2c(Br)c(F)cc(C)c2nc1N. The van der Waals surface area contributed by atoms with Gasteiger partial charge in [-0.1, -0.05) is 6.92 Å². The fourth-order valence-corrected chi connectivity index (χ4v) is 2.19. The predicted octanol–water partition coefficient (Wildman–Crippen LogP) is 3.59. The third-order valence-corrected chi connectivity index (χ3v) is 3.48. The number of aryl methyl sites for hydroxylation is 2. The van der Waals surface area contributed by atoms with Crippen LogP contribution in [-0.2, 0) is 6.42 Å². The Morgan fingerprint density at radius 1 is 1.44 bits per heavy atom. The summed E-state index contributed by atoms with van der Waals surface area (Å²) in [7, 11) is 0. The van der Waals surface area contributed by atoms with Gasteiger partial charge in [0.1, 0.15) is 11.6 Å². The van der Waals surface area contributed by atoms with Crippen LogP contribution >= 0.6 is 15.9 Å². The minimum absolute atomic E-state index is 0.265. The molecular formula is C12H12BrFN2. The van der Waals surface area contributed by atoms with Gasteiger partial charge in [-0.3, -0.25) is 0 Å². The van der Waals surface area contributed by atoms with Crippen molar-refractivity contribution >= 4 is 32.7 Å². The van der Waals surface area contributed by atoms with Crippen LogP contribution in [0.15, 0.2) is 16.6 Å². The van der Waals surface area contributed by atoms with Crippen LogP contribution in [0.5, 0.6) is 0 Å². The number of nitrogen functional groups attached to an aromatic ring is 1. The molecule has 0 aliphatic carbocycles. The molecule has 0 unspecified atom stereocenters. The van der Waals surface area contributed by atoms with Crippen molar-refractivity contribution in [1.29, 1.82) is 0 Å².